The number of hydrogen-bond donors (Lipinski definition) is 2. The maximum absolute atomic E-state index is 11.9. The molecule has 1 rings (SSSR count). The number of rotatable bonds is 6. The Hall–Kier alpha value is -1.36. The summed E-state index contributed by atoms with van der Waals surface area (Å²) in [5.41, 5.74) is -0.152. The molecule has 0 bridgehead atoms. The van der Waals surface area contributed by atoms with E-state index in [2.05, 4.69) is 22.5 Å². The van der Waals surface area contributed by atoms with Gasteiger partial charge in [0.15, 0.2) is 0 Å². The lowest BCUT2D eigenvalue weighted by Gasteiger charge is -2.24. The predicted molar refractivity (Wildman–Crippen MR) is 67.5 cm³/mol. The van der Waals surface area contributed by atoms with Gasteiger partial charge in [-0.2, -0.15) is 0 Å². The summed E-state index contributed by atoms with van der Waals surface area (Å²) >= 11 is 0. The lowest BCUT2D eigenvalue weighted by atomic mass is 10.0. The van der Waals surface area contributed by atoms with Crippen molar-refractivity contribution in [2.45, 2.75) is 45.8 Å². The van der Waals surface area contributed by atoms with Crippen molar-refractivity contribution < 1.29 is 4.79 Å². The molecule has 1 amide bonds. The molecule has 17 heavy (non-hydrogen) atoms. The minimum absolute atomic E-state index is 0.0206. The second kappa shape index (κ2) is 5.82. The van der Waals surface area contributed by atoms with Gasteiger partial charge in [0.2, 0.25) is 5.91 Å². The van der Waals surface area contributed by atoms with E-state index in [0.29, 0.717) is 13.1 Å². The molecule has 1 heterocycles. The molecular weight excluding hydrogens is 216 g/mol. The van der Waals surface area contributed by atoms with Crippen molar-refractivity contribution in [1.82, 2.24) is 20.2 Å². The Kier molecular flexibility index (Phi) is 4.69. The van der Waals surface area contributed by atoms with Crippen LogP contribution < -0.4 is 10.6 Å². The minimum atomic E-state index is -0.152. The average molecular weight is 238 g/mol. The van der Waals surface area contributed by atoms with Gasteiger partial charge >= 0.3 is 0 Å². The normalized spacial score (nSPS) is 11.5. The number of carbonyl (C=O) groups is 1. The number of amides is 1. The molecule has 0 spiro atoms. The molecule has 0 aromatic carbocycles. The van der Waals surface area contributed by atoms with Crippen molar-refractivity contribution in [2.75, 3.05) is 7.05 Å². The first-order chi connectivity index (χ1) is 7.98. The first-order valence-electron chi connectivity index (χ1n) is 5.94. The molecular formula is C12H22N4O. The van der Waals surface area contributed by atoms with Crippen LogP contribution in [0.3, 0.4) is 0 Å². The zero-order valence-corrected chi connectivity index (χ0v) is 11.1. The first-order valence-corrected chi connectivity index (χ1v) is 5.94. The number of aromatic nitrogens is 2. The quantitative estimate of drug-likeness (QED) is 0.774. The van der Waals surface area contributed by atoms with Crippen LogP contribution in [0.1, 0.15) is 33.0 Å². The second-order valence-corrected chi connectivity index (χ2v) is 4.79. The van der Waals surface area contributed by atoms with Gasteiger partial charge in [-0.3, -0.25) is 4.79 Å². The SMILES string of the molecule is CCC(C)(C)NC(=O)Cn1ccnc1CNC. The van der Waals surface area contributed by atoms with Crippen LogP contribution in [0.5, 0.6) is 0 Å². The molecule has 0 aliphatic rings. The molecule has 0 aliphatic heterocycles. The van der Waals surface area contributed by atoms with Crippen LogP contribution in [0.15, 0.2) is 12.4 Å². The van der Waals surface area contributed by atoms with E-state index >= 15 is 0 Å². The van der Waals surface area contributed by atoms with Gasteiger partial charge in [0.05, 0.1) is 6.54 Å². The fourth-order valence-electron chi connectivity index (χ4n) is 1.47. The van der Waals surface area contributed by atoms with E-state index < -0.39 is 0 Å². The Morgan fingerprint density at radius 2 is 2.24 bits per heavy atom. The van der Waals surface area contributed by atoms with E-state index in [1.54, 1.807) is 6.20 Å². The number of hydrogen-bond acceptors (Lipinski definition) is 3. The van der Waals surface area contributed by atoms with Crippen molar-refractivity contribution in [3.05, 3.63) is 18.2 Å². The number of imidazole rings is 1. The molecule has 0 unspecified atom stereocenters. The molecule has 0 radical (unpaired) electrons. The number of nitrogens with zero attached hydrogens (tertiary/aromatic N) is 2. The van der Waals surface area contributed by atoms with Gasteiger partial charge in [-0.15, -0.1) is 0 Å². The predicted octanol–water partition coefficient (Wildman–Crippen LogP) is 0.907. The van der Waals surface area contributed by atoms with Crippen LogP contribution in [0.25, 0.3) is 0 Å². The molecule has 2 N–H and O–H groups in total. The molecule has 5 nitrogen and oxygen atoms in total. The maximum Gasteiger partial charge on any atom is 0.240 e. The van der Waals surface area contributed by atoms with E-state index in [0.717, 1.165) is 12.2 Å². The Balaban J connectivity index is 2.59. The van der Waals surface area contributed by atoms with Crippen molar-refractivity contribution in [1.29, 1.82) is 0 Å². The molecule has 5 heteroatoms. The van der Waals surface area contributed by atoms with Crippen molar-refractivity contribution >= 4 is 5.91 Å². The van der Waals surface area contributed by atoms with Crippen molar-refractivity contribution in [3.63, 3.8) is 0 Å². The first kappa shape index (κ1) is 13.7. The highest BCUT2D eigenvalue weighted by Gasteiger charge is 2.18. The summed E-state index contributed by atoms with van der Waals surface area (Å²) in [6.45, 7) is 7.09. The highest BCUT2D eigenvalue weighted by atomic mass is 16.2. The topological polar surface area (TPSA) is 59.0 Å². The van der Waals surface area contributed by atoms with Crippen LogP contribution in [-0.4, -0.2) is 28.0 Å². The van der Waals surface area contributed by atoms with E-state index in [1.807, 2.05) is 31.7 Å². The van der Waals surface area contributed by atoms with Gasteiger partial charge in [0, 0.05) is 17.9 Å². The molecule has 0 saturated heterocycles. The van der Waals surface area contributed by atoms with Crippen molar-refractivity contribution in [3.8, 4) is 0 Å². The summed E-state index contributed by atoms with van der Waals surface area (Å²) in [5, 5.41) is 6.03. The summed E-state index contributed by atoms with van der Waals surface area (Å²) in [6, 6.07) is 0. The third-order valence-corrected chi connectivity index (χ3v) is 2.81. The van der Waals surface area contributed by atoms with Gasteiger partial charge < -0.3 is 15.2 Å². The molecule has 1 aromatic heterocycles. The summed E-state index contributed by atoms with van der Waals surface area (Å²) in [4.78, 5) is 16.1. The van der Waals surface area contributed by atoms with Crippen LogP contribution in [0.4, 0.5) is 0 Å². The average Bonchev–Trinajstić information content (AvgIpc) is 2.65. The lowest BCUT2D eigenvalue weighted by molar-refractivity contribution is -0.123. The summed E-state index contributed by atoms with van der Waals surface area (Å²) in [6.07, 6.45) is 4.45. The largest absolute Gasteiger partial charge is 0.350 e. The monoisotopic (exact) mass is 238 g/mol. The fraction of sp³-hybridized carbons (Fsp3) is 0.667. The van der Waals surface area contributed by atoms with E-state index in [1.165, 1.54) is 0 Å². The van der Waals surface area contributed by atoms with Gasteiger partial charge in [-0.25, -0.2) is 4.98 Å². The van der Waals surface area contributed by atoms with E-state index in [4.69, 9.17) is 0 Å². The lowest BCUT2D eigenvalue weighted by Crippen LogP contribution is -2.44. The standard InChI is InChI=1S/C12H22N4O/c1-5-12(2,3)15-11(17)9-16-7-6-14-10(16)8-13-4/h6-7,13H,5,8-9H2,1-4H3,(H,15,17). The summed E-state index contributed by atoms with van der Waals surface area (Å²) in [5.74, 6) is 0.893. The molecule has 0 saturated carbocycles. The van der Waals surface area contributed by atoms with Gasteiger partial charge in [-0.1, -0.05) is 6.92 Å². The number of nitrogens with one attached hydrogen (secondary N) is 2. The molecule has 1 aromatic rings. The minimum Gasteiger partial charge on any atom is -0.350 e. The van der Waals surface area contributed by atoms with Crippen LogP contribution >= 0.6 is 0 Å². The highest BCUT2D eigenvalue weighted by molar-refractivity contribution is 5.76. The fourth-order valence-corrected chi connectivity index (χ4v) is 1.47. The number of carbonyl (C=O) groups excluding carboxylic acids is 1. The second-order valence-electron chi connectivity index (χ2n) is 4.79. The summed E-state index contributed by atoms with van der Waals surface area (Å²) in [7, 11) is 1.86. The maximum atomic E-state index is 11.9. The van der Waals surface area contributed by atoms with Gasteiger partial charge in [-0.05, 0) is 27.3 Å². The van der Waals surface area contributed by atoms with Crippen LogP contribution in [0, 0.1) is 0 Å². The Morgan fingerprint density at radius 3 is 2.82 bits per heavy atom. The highest BCUT2D eigenvalue weighted by Crippen LogP contribution is 2.07. The Bertz CT molecular complexity index is 370. The zero-order chi connectivity index (χ0) is 12.9. The van der Waals surface area contributed by atoms with Crippen LogP contribution in [-0.2, 0) is 17.9 Å². The van der Waals surface area contributed by atoms with Crippen LogP contribution in [0.2, 0.25) is 0 Å². The van der Waals surface area contributed by atoms with Gasteiger partial charge in [0.25, 0.3) is 0 Å². The Morgan fingerprint density at radius 1 is 1.53 bits per heavy atom. The zero-order valence-electron chi connectivity index (χ0n) is 11.1. The third kappa shape index (κ3) is 4.19. The molecule has 0 aliphatic carbocycles. The molecule has 96 valence electrons. The molecule has 0 atom stereocenters. The van der Waals surface area contributed by atoms with E-state index in [9.17, 15) is 4.79 Å². The third-order valence-electron chi connectivity index (χ3n) is 2.81. The smallest absolute Gasteiger partial charge is 0.240 e. The van der Waals surface area contributed by atoms with Gasteiger partial charge in [0.1, 0.15) is 12.4 Å². The Labute approximate surface area is 103 Å². The molecule has 0 fully saturated rings. The van der Waals surface area contributed by atoms with E-state index in [-0.39, 0.29) is 11.4 Å². The summed E-state index contributed by atoms with van der Waals surface area (Å²) < 4.78 is 1.86. The van der Waals surface area contributed by atoms with Crippen molar-refractivity contribution in [2.24, 2.45) is 0 Å².